The molecule has 0 saturated carbocycles. The van der Waals surface area contributed by atoms with Crippen molar-refractivity contribution in [3.05, 3.63) is 51.7 Å². The second kappa shape index (κ2) is 7.24. The van der Waals surface area contributed by atoms with Gasteiger partial charge in [0.05, 0.1) is 7.11 Å². The molecule has 0 aliphatic rings. The molecule has 0 amide bonds. The number of methoxy groups -OCH3 is 1. The molecule has 7 heteroatoms. The molecule has 2 rings (SSSR count). The van der Waals surface area contributed by atoms with Crippen LogP contribution >= 0.6 is 11.3 Å². The average Bonchev–Trinajstić information content (AvgIpc) is 3.07. The highest BCUT2D eigenvalue weighted by molar-refractivity contribution is 7.12. The zero-order valence-corrected chi connectivity index (χ0v) is 12.8. The largest absolute Gasteiger partial charge is 0.493 e. The third kappa shape index (κ3) is 3.96. The number of carbonyl (C=O) groups is 2. The molecule has 0 spiro atoms. The Morgan fingerprint density at radius 2 is 2.09 bits per heavy atom. The van der Waals surface area contributed by atoms with Crippen molar-refractivity contribution in [3.63, 3.8) is 0 Å². The Balaban J connectivity index is 2.28. The van der Waals surface area contributed by atoms with Crippen molar-refractivity contribution in [3.8, 4) is 17.6 Å². The number of esters is 1. The maximum Gasteiger partial charge on any atom is 0.353 e. The van der Waals surface area contributed by atoms with Crippen LogP contribution in [0.5, 0.6) is 11.5 Å². The fraction of sp³-hybridized carbons (Fsp3) is 0.0625. The lowest BCUT2D eigenvalue weighted by molar-refractivity contribution is -0.132. The second-order valence-electron chi connectivity index (χ2n) is 4.25. The predicted octanol–water partition coefficient (Wildman–Crippen LogP) is 2.97. The SMILES string of the molecule is COc1cc(/C=C(\C#N)C(=O)O)ccc1OC(=O)c1cccs1. The Bertz CT molecular complexity index is 802. The maximum atomic E-state index is 11.9. The summed E-state index contributed by atoms with van der Waals surface area (Å²) in [6.07, 6.45) is 1.20. The number of benzene rings is 1. The van der Waals surface area contributed by atoms with Gasteiger partial charge in [-0.05, 0) is 35.2 Å². The van der Waals surface area contributed by atoms with Gasteiger partial charge in [-0.15, -0.1) is 11.3 Å². The highest BCUT2D eigenvalue weighted by Gasteiger charge is 2.14. The Morgan fingerprint density at radius 3 is 2.65 bits per heavy atom. The highest BCUT2D eigenvalue weighted by Crippen LogP contribution is 2.30. The first-order valence-corrected chi connectivity index (χ1v) is 7.22. The van der Waals surface area contributed by atoms with Crippen LogP contribution in [-0.2, 0) is 4.79 Å². The average molecular weight is 329 g/mol. The maximum absolute atomic E-state index is 11.9. The fourth-order valence-corrected chi connectivity index (χ4v) is 2.31. The Labute approximate surface area is 135 Å². The molecule has 0 aliphatic heterocycles. The molecule has 116 valence electrons. The molecule has 0 fully saturated rings. The summed E-state index contributed by atoms with van der Waals surface area (Å²) in [7, 11) is 1.40. The first-order chi connectivity index (χ1) is 11.0. The molecule has 0 bridgehead atoms. The van der Waals surface area contributed by atoms with E-state index in [0.717, 1.165) is 0 Å². The van der Waals surface area contributed by atoms with E-state index in [1.807, 2.05) is 0 Å². The van der Waals surface area contributed by atoms with Crippen molar-refractivity contribution in [1.82, 2.24) is 0 Å². The van der Waals surface area contributed by atoms with E-state index in [1.54, 1.807) is 23.6 Å². The van der Waals surface area contributed by atoms with Crippen LogP contribution in [0.3, 0.4) is 0 Å². The van der Waals surface area contributed by atoms with Gasteiger partial charge in [0.2, 0.25) is 0 Å². The van der Waals surface area contributed by atoms with Gasteiger partial charge in [-0.1, -0.05) is 12.1 Å². The number of ether oxygens (including phenoxy) is 2. The molecule has 0 aliphatic carbocycles. The van der Waals surface area contributed by atoms with Crippen LogP contribution in [0.4, 0.5) is 0 Å². The smallest absolute Gasteiger partial charge is 0.353 e. The summed E-state index contributed by atoms with van der Waals surface area (Å²) in [6, 6.07) is 9.46. The summed E-state index contributed by atoms with van der Waals surface area (Å²) >= 11 is 1.26. The van der Waals surface area contributed by atoms with E-state index in [2.05, 4.69) is 0 Å². The first-order valence-electron chi connectivity index (χ1n) is 6.34. The van der Waals surface area contributed by atoms with Crippen molar-refractivity contribution in [2.75, 3.05) is 7.11 Å². The Kier molecular flexibility index (Phi) is 5.12. The highest BCUT2D eigenvalue weighted by atomic mass is 32.1. The molecular weight excluding hydrogens is 318 g/mol. The van der Waals surface area contributed by atoms with E-state index in [1.165, 1.54) is 42.7 Å². The van der Waals surface area contributed by atoms with Crippen molar-refractivity contribution in [1.29, 1.82) is 5.26 Å². The summed E-state index contributed by atoms with van der Waals surface area (Å²) < 4.78 is 10.4. The molecule has 1 N–H and O–H groups in total. The van der Waals surface area contributed by atoms with E-state index in [4.69, 9.17) is 19.8 Å². The third-order valence-corrected chi connectivity index (χ3v) is 3.62. The summed E-state index contributed by atoms with van der Waals surface area (Å²) in [5.41, 5.74) is 0.0344. The van der Waals surface area contributed by atoms with Gasteiger partial charge in [0, 0.05) is 0 Å². The van der Waals surface area contributed by atoms with E-state index in [0.29, 0.717) is 10.4 Å². The minimum atomic E-state index is -1.32. The monoisotopic (exact) mass is 329 g/mol. The van der Waals surface area contributed by atoms with E-state index in [9.17, 15) is 9.59 Å². The molecule has 2 aromatic rings. The van der Waals surface area contributed by atoms with Crippen molar-refractivity contribution in [2.24, 2.45) is 0 Å². The molecule has 0 radical (unpaired) electrons. The molecule has 1 aromatic carbocycles. The number of aliphatic carboxylic acids is 1. The van der Waals surface area contributed by atoms with E-state index in [-0.39, 0.29) is 11.5 Å². The Hall–Kier alpha value is -3.11. The lowest BCUT2D eigenvalue weighted by atomic mass is 10.1. The van der Waals surface area contributed by atoms with Crippen LogP contribution in [0, 0.1) is 11.3 Å². The summed E-state index contributed by atoms with van der Waals surface area (Å²) in [5, 5.41) is 19.4. The van der Waals surface area contributed by atoms with Crippen LogP contribution in [0.25, 0.3) is 6.08 Å². The quantitative estimate of drug-likeness (QED) is 0.392. The molecule has 0 saturated heterocycles. The summed E-state index contributed by atoms with van der Waals surface area (Å²) in [6.45, 7) is 0. The van der Waals surface area contributed by atoms with Gasteiger partial charge in [-0.3, -0.25) is 0 Å². The van der Waals surface area contributed by atoms with Crippen molar-refractivity contribution < 1.29 is 24.2 Å². The number of thiophene rings is 1. The summed E-state index contributed by atoms with van der Waals surface area (Å²) in [4.78, 5) is 23.2. The molecular formula is C16H11NO5S. The van der Waals surface area contributed by atoms with Gasteiger partial charge in [-0.2, -0.15) is 5.26 Å². The van der Waals surface area contributed by atoms with Crippen LogP contribution < -0.4 is 9.47 Å². The van der Waals surface area contributed by atoms with Gasteiger partial charge >= 0.3 is 11.9 Å². The van der Waals surface area contributed by atoms with Crippen molar-refractivity contribution in [2.45, 2.75) is 0 Å². The molecule has 6 nitrogen and oxygen atoms in total. The lowest BCUT2D eigenvalue weighted by Gasteiger charge is -2.09. The topological polar surface area (TPSA) is 96.6 Å². The number of carboxylic acids is 1. The second-order valence-corrected chi connectivity index (χ2v) is 5.20. The van der Waals surface area contributed by atoms with Crippen LogP contribution in [0.1, 0.15) is 15.2 Å². The predicted molar refractivity (Wildman–Crippen MR) is 83.5 cm³/mol. The first kappa shape index (κ1) is 16.3. The number of hydrogen-bond acceptors (Lipinski definition) is 6. The van der Waals surface area contributed by atoms with Crippen molar-refractivity contribution >= 4 is 29.4 Å². The molecule has 1 aromatic heterocycles. The van der Waals surface area contributed by atoms with Crippen LogP contribution in [0.2, 0.25) is 0 Å². The molecule has 23 heavy (non-hydrogen) atoms. The normalized spacial score (nSPS) is 10.7. The Morgan fingerprint density at radius 1 is 1.30 bits per heavy atom. The number of carbonyl (C=O) groups excluding carboxylic acids is 1. The minimum absolute atomic E-state index is 0.205. The standard InChI is InChI=1S/C16H11NO5S/c1-21-13-8-10(7-11(9-17)15(18)19)4-5-12(13)22-16(20)14-3-2-6-23-14/h2-8H,1H3,(H,18,19)/b11-7+. The van der Waals surface area contributed by atoms with Gasteiger partial charge in [0.25, 0.3) is 0 Å². The fourth-order valence-electron chi connectivity index (χ4n) is 1.71. The zero-order valence-electron chi connectivity index (χ0n) is 12.0. The number of hydrogen-bond donors (Lipinski definition) is 1. The van der Waals surface area contributed by atoms with Gasteiger partial charge in [0.1, 0.15) is 16.5 Å². The van der Waals surface area contributed by atoms with Crippen LogP contribution in [0.15, 0.2) is 41.3 Å². The van der Waals surface area contributed by atoms with Gasteiger partial charge in [0.15, 0.2) is 11.5 Å². The van der Waals surface area contributed by atoms with E-state index >= 15 is 0 Å². The number of nitriles is 1. The molecule has 0 atom stereocenters. The number of rotatable bonds is 5. The zero-order chi connectivity index (χ0) is 16.8. The molecule has 1 heterocycles. The minimum Gasteiger partial charge on any atom is -0.493 e. The van der Waals surface area contributed by atoms with Gasteiger partial charge < -0.3 is 14.6 Å². The summed E-state index contributed by atoms with van der Waals surface area (Å²) in [5.74, 6) is -1.37. The number of carboxylic acid groups (broad SMARTS) is 1. The third-order valence-electron chi connectivity index (χ3n) is 2.77. The lowest BCUT2D eigenvalue weighted by Crippen LogP contribution is -2.07. The van der Waals surface area contributed by atoms with Crippen LogP contribution in [-0.4, -0.2) is 24.2 Å². The van der Waals surface area contributed by atoms with Gasteiger partial charge in [-0.25, -0.2) is 9.59 Å². The van der Waals surface area contributed by atoms with E-state index < -0.39 is 17.5 Å². The molecule has 0 unspecified atom stereocenters. The number of nitrogens with zero attached hydrogens (tertiary/aromatic N) is 1.